The molecule has 0 heterocycles. The lowest BCUT2D eigenvalue weighted by atomic mass is 10.1. The maximum Gasteiger partial charge on any atom is 0.399 e. The van der Waals surface area contributed by atoms with Crippen LogP contribution in [0.3, 0.4) is 0 Å². The predicted molar refractivity (Wildman–Crippen MR) is 60.1 cm³/mol. The number of allylic oxidation sites excluding steroid dienone is 1. The Labute approximate surface area is 85.6 Å². The van der Waals surface area contributed by atoms with Gasteiger partial charge in [-0.15, -0.1) is 6.58 Å². The zero-order valence-corrected chi connectivity index (χ0v) is 10.3. The van der Waals surface area contributed by atoms with Gasteiger partial charge in [-0.25, -0.2) is 0 Å². The molecule has 1 unspecified atom stereocenters. The molecule has 0 nitrogen and oxygen atoms in total. The van der Waals surface area contributed by atoms with Gasteiger partial charge in [0.05, 0.1) is 0 Å². The van der Waals surface area contributed by atoms with Crippen molar-refractivity contribution < 1.29 is 0 Å². The molecule has 2 heteroatoms. The zero-order chi connectivity index (χ0) is 9.40. The fourth-order valence-electron chi connectivity index (χ4n) is 1.29. The Balaban J connectivity index is 3.59. The first-order valence-electron chi connectivity index (χ1n) is 5.01. The van der Waals surface area contributed by atoms with Crippen LogP contribution in [0, 0.1) is 5.92 Å². The first-order chi connectivity index (χ1) is 5.74. The number of hydrogen-bond acceptors (Lipinski definition) is 0. The van der Waals surface area contributed by atoms with Crippen LogP contribution in [-0.2, 0) is 0 Å². The molecule has 0 aromatic carbocycles. The number of unbranched alkanes of at least 4 members (excludes halogenated alkanes) is 1. The largest absolute Gasteiger partial charge is 0.399 e. The summed E-state index contributed by atoms with van der Waals surface area (Å²) >= 11 is -0.899. The van der Waals surface area contributed by atoms with E-state index in [1.165, 1.54) is 29.8 Å². The van der Waals surface area contributed by atoms with Gasteiger partial charge in [-0.1, -0.05) is 43.3 Å². The Hall–Kier alpha value is 0.562. The van der Waals surface area contributed by atoms with Gasteiger partial charge in [-0.05, 0) is 12.3 Å². The summed E-state index contributed by atoms with van der Waals surface area (Å²) in [5.74, 6) is 0.694. The standard InChI is InChI=1S/C8H15.C2H5.Al.ClH/c1-4-6-7-8(3)5-2;1-2;;/h5,8H,2-4,6-7H2,1H3;1H2,2H3;;1H/q;;+1;/p-1. The van der Waals surface area contributed by atoms with Gasteiger partial charge < -0.3 is 0 Å². The van der Waals surface area contributed by atoms with E-state index in [4.69, 9.17) is 10.0 Å². The molecule has 1 atom stereocenters. The molecule has 0 rings (SSSR count). The summed E-state index contributed by atoms with van der Waals surface area (Å²) in [4.78, 5) is 0. The van der Waals surface area contributed by atoms with Gasteiger partial charge >= 0.3 is 13.2 Å². The van der Waals surface area contributed by atoms with E-state index in [1.807, 2.05) is 0 Å². The molecule has 0 fully saturated rings. The maximum absolute atomic E-state index is 6.21. The van der Waals surface area contributed by atoms with E-state index >= 15 is 0 Å². The fraction of sp³-hybridized carbons (Fsp3) is 0.800. The first-order valence-corrected chi connectivity index (χ1v) is 8.39. The summed E-state index contributed by atoms with van der Waals surface area (Å²) in [6, 6.07) is 0. The normalized spacial score (nSPS) is 12.6. The molecule has 0 aliphatic rings. The average Bonchev–Trinajstić information content (AvgIpc) is 2.11. The van der Waals surface area contributed by atoms with Crippen molar-refractivity contribution in [2.24, 2.45) is 5.92 Å². The number of halogens is 1. The Morgan fingerprint density at radius 2 is 2.17 bits per heavy atom. The third-order valence-corrected chi connectivity index (χ3v) is 5.73. The first kappa shape index (κ1) is 12.6. The Bertz CT molecular complexity index is 114. The van der Waals surface area contributed by atoms with Crippen LogP contribution in [0.15, 0.2) is 12.7 Å². The lowest BCUT2D eigenvalue weighted by Gasteiger charge is -2.11. The summed E-state index contributed by atoms with van der Waals surface area (Å²) in [6.07, 6.45) is 5.98. The van der Waals surface area contributed by atoms with E-state index < -0.39 is 13.2 Å². The molecule has 0 saturated carbocycles. The van der Waals surface area contributed by atoms with Gasteiger partial charge in [0.1, 0.15) is 0 Å². The lowest BCUT2D eigenvalue weighted by molar-refractivity contribution is 0.596. The summed E-state index contributed by atoms with van der Waals surface area (Å²) in [6.45, 7) is 8.29. The summed E-state index contributed by atoms with van der Waals surface area (Å²) in [5, 5.41) is 2.44. The summed E-state index contributed by atoms with van der Waals surface area (Å²) in [5.41, 5.74) is 0. The monoisotopic (exact) mass is 202 g/mol. The van der Waals surface area contributed by atoms with E-state index in [0.717, 1.165) is 0 Å². The number of hydrogen-bond donors (Lipinski definition) is 0. The minimum Gasteiger partial charge on any atom is -0.261 e. The van der Waals surface area contributed by atoms with Crippen LogP contribution in [0.2, 0.25) is 10.6 Å². The molecule has 0 aromatic rings. The van der Waals surface area contributed by atoms with Crippen molar-refractivity contribution in [3.8, 4) is 0 Å². The summed E-state index contributed by atoms with van der Waals surface area (Å²) in [7, 11) is 6.21. The molecule has 0 N–H and O–H groups in total. The van der Waals surface area contributed by atoms with Crippen molar-refractivity contribution in [2.75, 3.05) is 0 Å². The highest BCUT2D eigenvalue weighted by atomic mass is 35.6. The van der Waals surface area contributed by atoms with Crippen molar-refractivity contribution in [1.82, 2.24) is 0 Å². The highest BCUT2D eigenvalue weighted by molar-refractivity contribution is 7.06. The van der Waals surface area contributed by atoms with E-state index in [0.29, 0.717) is 5.92 Å². The van der Waals surface area contributed by atoms with E-state index in [1.54, 1.807) is 0 Å². The minimum absolute atomic E-state index is 0.694. The van der Waals surface area contributed by atoms with E-state index in [2.05, 4.69) is 26.5 Å². The van der Waals surface area contributed by atoms with Gasteiger partial charge in [0.2, 0.25) is 0 Å². The Kier molecular flexibility index (Phi) is 8.56. The van der Waals surface area contributed by atoms with Crippen LogP contribution in [0.5, 0.6) is 0 Å². The van der Waals surface area contributed by atoms with Crippen LogP contribution < -0.4 is 0 Å². The topological polar surface area (TPSA) is 0 Å². The van der Waals surface area contributed by atoms with Gasteiger partial charge in [0.15, 0.2) is 0 Å². The Morgan fingerprint density at radius 1 is 1.50 bits per heavy atom. The smallest absolute Gasteiger partial charge is 0.261 e. The molecule has 12 heavy (non-hydrogen) atoms. The van der Waals surface area contributed by atoms with Gasteiger partial charge in [-0.2, -0.15) is 0 Å². The highest BCUT2D eigenvalue weighted by Gasteiger charge is 2.16. The molecule has 0 aromatic heterocycles. The third-order valence-electron chi connectivity index (χ3n) is 2.26. The molecule has 0 radical (unpaired) electrons. The molecule has 0 spiro atoms. The SMILES string of the molecule is C=CC(CCCC)[CH2][Al]([Cl])[CH2]C. The van der Waals surface area contributed by atoms with Gasteiger partial charge in [0, 0.05) is 0 Å². The molecule has 0 aliphatic heterocycles. The molecule has 0 bridgehead atoms. The third kappa shape index (κ3) is 6.12. The fourth-order valence-corrected chi connectivity index (χ4v) is 3.40. The lowest BCUT2D eigenvalue weighted by Crippen LogP contribution is -2.08. The van der Waals surface area contributed by atoms with Crippen molar-refractivity contribution in [3.63, 3.8) is 0 Å². The van der Waals surface area contributed by atoms with Gasteiger partial charge in [0.25, 0.3) is 0 Å². The van der Waals surface area contributed by atoms with Crippen LogP contribution in [0.4, 0.5) is 0 Å². The minimum atomic E-state index is -0.899. The molecular weight excluding hydrogens is 183 g/mol. The highest BCUT2D eigenvalue weighted by Crippen LogP contribution is 2.19. The molecule has 0 aliphatic carbocycles. The van der Waals surface area contributed by atoms with E-state index in [9.17, 15) is 0 Å². The van der Waals surface area contributed by atoms with Crippen molar-refractivity contribution in [2.45, 2.75) is 43.7 Å². The molecular formula is C10H20AlCl. The second-order valence-corrected chi connectivity index (χ2v) is 7.71. The van der Waals surface area contributed by atoms with Crippen molar-refractivity contribution in [1.29, 1.82) is 0 Å². The molecule has 0 amide bonds. The van der Waals surface area contributed by atoms with E-state index in [-0.39, 0.29) is 0 Å². The van der Waals surface area contributed by atoms with Crippen LogP contribution in [-0.4, -0.2) is 13.2 Å². The quantitative estimate of drug-likeness (QED) is 0.428. The van der Waals surface area contributed by atoms with Crippen molar-refractivity contribution in [3.05, 3.63) is 12.7 Å². The van der Waals surface area contributed by atoms with Crippen LogP contribution >= 0.6 is 10.0 Å². The molecule has 70 valence electrons. The second-order valence-electron chi connectivity index (χ2n) is 3.38. The molecule has 0 saturated heterocycles. The summed E-state index contributed by atoms with van der Waals surface area (Å²) < 4.78 is 0. The van der Waals surface area contributed by atoms with Gasteiger partial charge in [-0.3, -0.25) is 10.0 Å². The van der Waals surface area contributed by atoms with Crippen LogP contribution in [0.1, 0.15) is 33.1 Å². The number of rotatable bonds is 7. The predicted octanol–water partition coefficient (Wildman–Crippen LogP) is 4.23. The average molecular weight is 203 g/mol. The zero-order valence-electron chi connectivity index (χ0n) is 8.35. The van der Waals surface area contributed by atoms with Crippen LogP contribution in [0.25, 0.3) is 0 Å². The maximum atomic E-state index is 6.21. The Morgan fingerprint density at radius 3 is 2.58 bits per heavy atom. The second kappa shape index (κ2) is 8.17. The van der Waals surface area contributed by atoms with Crippen molar-refractivity contribution >= 4 is 23.3 Å².